The van der Waals surface area contributed by atoms with Gasteiger partial charge in [0.25, 0.3) is 0 Å². The van der Waals surface area contributed by atoms with Crippen LogP contribution in [0.2, 0.25) is 0 Å². The molecule has 1 aromatic rings. The van der Waals surface area contributed by atoms with Crippen LogP contribution in [0.4, 0.5) is 0 Å². The average Bonchev–Trinajstić information content (AvgIpc) is 2.25. The number of carboxylic acid groups (broad SMARTS) is 1. The van der Waals surface area contributed by atoms with Gasteiger partial charge in [-0.2, -0.15) is 0 Å². The van der Waals surface area contributed by atoms with E-state index in [1.54, 1.807) is 6.92 Å². The van der Waals surface area contributed by atoms with Gasteiger partial charge in [-0.05, 0) is 24.0 Å². The highest BCUT2D eigenvalue weighted by Gasteiger charge is 2.18. The topological polar surface area (TPSA) is 46.5 Å². The third-order valence-corrected chi connectivity index (χ3v) is 3.22. The predicted molar refractivity (Wildman–Crippen MR) is 65.0 cm³/mol. The maximum Gasteiger partial charge on any atom is 0.306 e. The monoisotopic (exact) mass is 234 g/mol. The summed E-state index contributed by atoms with van der Waals surface area (Å²) in [5.74, 6) is -0.389. The van der Waals surface area contributed by atoms with Gasteiger partial charge >= 0.3 is 5.97 Å². The van der Waals surface area contributed by atoms with Gasteiger partial charge in [0.1, 0.15) is 0 Å². The van der Waals surface area contributed by atoms with Gasteiger partial charge in [0, 0.05) is 5.92 Å². The zero-order valence-corrected chi connectivity index (χ0v) is 10.1. The molecule has 2 rings (SSSR count). The molecule has 0 radical (unpaired) electrons. The number of hydrogen-bond donors (Lipinski definition) is 1. The molecule has 0 bridgehead atoms. The Morgan fingerprint density at radius 1 is 1.35 bits per heavy atom. The second kappa shape index (κ2) is 5.32. The highest BCUT2D eigenvalue weighted by atomic mass is 16.5. The second-order valence-corrected chi connectivity index (χ2v) is 4.87. The maximum atomic E-state index is 10.7. The van der Waals surface area contributed by atoms with Crippen LogP contribution < -0.4 is 0 Å². The lowest BCUT2D eigenvalue weighted by Gasteiger charge is -2.25. The van der Waals surface area contributed by atoms with E-state index >= 15 is 0 Å². The maximum absolute atomic E-state index is 10.7. The number of hydrogen-bond acceptors (Lipinski definition) is 2. The first-order valence-electron chi connectivity index (χ1n) is 6.03. The second-order valence-electron chi connectivity index (χ2n) is 4.87. The van der Waals surface area contributed by atoms with Crippen molar-refractivity contribution in [2.75, 3.05) is 13.2 Å². The molecule has 1 fully saturated rings. The molecule has 0 amide bonds. The molecule has 3 heteroatoms. The number of aliphatic carboxylic acids is 1. The summed E-state index contributed by atoms with van der Waals surface area (Å²) in [6.07, 6.45) is 1.66. The zero-order valence-electron chi connectivity index (χ0n) is 10.1. The molecular weight excluding hydrogens is 216 g/mol. The highest BCUT2D eigenvalue weighted by Crippen LogP contribution is 2.18. The van der Waals surface area contributed by atoms with Crippen LogP contribution in [0.1, 0.15) is 18.1 Å². The average molecular weight is 234 g/mol. The number of carboxylic acids is 1. The SMILES string of the molecule is CC(Cc1ccc(CC2COC2)cc1)C(=O)O. The van der Waals surface area contributed by atoms with Crippen molar-refractivity contribution in [1.82, 2.24) is 0 Å². The molecule has 0 saturated carbocycles. The van der Waals surface area contributed by atoms with Crippen LogP contribution in [0.25, 0.3) is 0 Å². The summed E-state index contributed by atoms with van der Waals surface area (Å²) in [5.41, 5.74) is 2.40. The van der Waals surface area contributed by atoms with Gasteiger partial charge in [-0.15, -0.1) is 0 Å². The Morgan fingerprint density at radius 3 is 2.41 bits per heavy atom. The first kappa shape index (κ1) is 12.1. The molecule has 1 heterocycles. The molecular formula is C14H18O3. The van der Waals surface area contributed by atoms with Crippen LogP contribution in [0.5, 0.6) is 0 Å². The molecule has 1 atom stereocenters. The van der Waals surface area contributed by atoms with Crippen LogP contribution in [-0.2, 0) is 22.4 Å². The summed E-state index contributed by atoms with van der Waals surface area (Å²) in [5, 5.41) is 8.84. The van der Waals surface area contributed by atoms with Crippen molar-refractivity contribution < 1.29 is 14.6 Å². The van der Waals surface area contributed by atoms with Gasteiger partial charge < -0.3 is 9.84 Å². The third-order valence-electron chi connectivity index (χ3n) is 3.22. The van der Waals surface area contributed by atoms with Crippen molar-refractivity contribution in [3.63, 3.8) is 0 Å². The minimum absolute atomic E-state index is 0.319. The lowest BCUT2D eigenvalue weighted by atomic mass is 9.95. The summed E-state index contributed by atoms with van der Waals surface area (Å²) in [4.78, 5) is 10.7. The summed E-state index contributed by atoms with van der Waals surface area (Å²) < 4.78 is 5.14. The molecule has 0 spiro atoms. The minimum atomic E-state index is -0.735. The van der Waals surface area contributed by atoms with Crippen molar-refractivity contribution in [2.24, 2.45) is 11.8 Å². The number of benzene rings is 1. The Balaban J connectivity index is 1.90. The fraction of sp³-hybridized carbons (Fsp3) is 0.500. The number of rotatable bonds is 5. The van der Waals surface area contributed by atoms with E-state index in [0.29, 0.717) is 12.3 Å². The lowest BCUT2D eigenvalue weighted by Crippen LogP contribution is -2.29. The Morgan fingerprint density at radius 2 is 1.94 bits per heavy atom. The largest absolute Gasteiger partial charge is 0.481 e. The van der Waals surface area contributed by atoms with E-state index in [-0.39, 0.29) is 5.92 Å². The highest BCUT2D eigenvalue weighted by molar-refractivity contribution is 5.69. The van der Waals surface area contributed by atoms with Crippen LogP contribution in [-0.4, -0.2) is 24.3 Å². The summed E-state index contributed by atoms with van der Waals surface area (Å²) in [7, 11) is 0. The van der Waals surface area contributed by atoms with Crippen LogP contribution in [0, 0.1) is 11.8 Å². The van der Waals surface area contributed by atoms with Gasteiger partial charge in [-0.1, -0.05) is 31.2 Å². The van der Waals surface area contributed by atoms with E-state index in [2.05, 4.69) is 12.1 Å². The van der Waals surface area contributed by atoms with Crippen molar-refractivity contribution in [2.45, 2.75) is 19.8 Å². The number of ether oxygens (including phenoxy) is 1. The van der Waals surface area contributed by atoms with Gasteiger partial charge in [-0.3, -0.25) is 4.79 Å². The molecule has 0 aliphatic carbocycles. The van der Waals surface area contributed by atoms with E-state index in [4.69, 9.17) is 9.84 Å². The lowest BCUT2D eigenvalue weighted by molar-refractivity contribution is -0.141. The molecule has 1 aliphatic heterocycles. The van der Waals surface area contributed by atoms with Crippen molar-refractivity contribution in [3.05, 3.63) is 35.4 Å². The standard InChI is InChI=1S/C14H18O3/c1-10(14(15)16)6-11-2-4-12(5-3-11)7-13-8-17-9-13/h2-5,10,13H,6-9H2,1H3,(H,15,16). The Labute approximate surface area is 101 Å². The fourth-order valence-electron chi connectivity index (χ4n) is 1.99. The van der Waals surface area contributed by atoms with Gasteiger partial charge in [0.15, 0.2) is 0 Å². The molecule has 92 valence electrons. The van der Waals surface area contributed by atoms with Crippen LogP contribution >= 0.6 is 0 Å². The third kappa shape index (κ3) is 3.30. The van der Waals surface area contributed by atoms with Gasteiger partial charge in [-0.25, -0.2) is 0 Å². The molecule has 1 N–H and O–H groups in total. The zero-order chi connectivity index (χ0) is 12.3. The van der Waals surface area contributed by atoms with E-state index in [0.717, 1.165) is 25.2 Å². The molecule has 17 heavy (non-hydrogen) atoms. The summed E-state index contributed by atoms with van der Waals surface area (Å²) in [6.45, 7) is 3.48. The molecule has 0 aromatic heterocycles. The quantitative estimate of drug-likeness (QED) is 0.849. The smallest absolute Gasteiger partial charge is 0.306 e. The Bertz CT molecular complexity index is 379. The van der Waals surface area contributed by atoms with E-state index in [1.165, 1.54) is 5.56 Å². The van der Waals surface area contributed by atoms with Crippen LogP contribution in [0.15, 0.2) is 24.3 Å². The van der Waals surface area contributed by atoms with Gasteiger partial charge in [0.2, 0.25) is 0 Å². The molecule has 1 aliphatic rings. The fourth-order valence-corrected chi connectivity index (χ4v) is 1.99. The summed E-state index contributed by atoms with van der Waals surface area (Å²) >= 11 is 0. The Kier molecular flexibility index (Phi) is 3.79. The Hall–Kier alpha value is -1.35. The van der Waals surface area contributed by atoms with Crippen LogP contribution in [0.3, 0.4) is 0 Å². The first-order valence-corrected chi connectivity index (χ1v) is 6.03. The predicted octanol–water partition coefficient (Wildman–Crippen LogP) is 2.14. The van der Waals surface area contributed by atoms with E-state index in [1.807, 2.05) is 12.1 Å². The van der Waals surface area contributed by atoms with Gasteiger partial charge in [0.05, 0.1) is 19.1 Å². The molecule has 1 unspecified atom stereocenters. The molecule has 1 saturated heterocycles. The first-order chi connectivity index (χ1) is 8.15. The normalized spacial score (nSPS) is 17.5. The van der Waals surface area contributed by atoms with E-state index < -0.39 is 5.97 Å². The molecule has 1 aromatic carbocycles. The summed E-state index contributed by atoms with van der Waals surface area (Å²) in [6, 6.07) is 8.27. The van der Waals surface area contributed by atoms with Crippen molar-refractivity contribution in [3.8, 4) is 0 Å². The van der Waals surface area contributed by atoms with E-state index in [9.17, 15) is 4.79 Å². The minimum Gasteiger partial charge on any atom is -0.481 e. The number of carbonyl (C=O) groups is 1. The van der Waals surface area contributed by atoms with Crippen molar-refractivity contribution in [1.29, 1.82) is 0 Å². The van der Waals surface area contributed by atoms with Crippen molar-refractivity contribution >= 4 is 5.97 Å². The molecule has 3 nitrogen and oxygen atoms in total.